The van der Waals surface area contributed by atoms with Crippen molar-refractivity contribution < 1.29 is 4.74 Å². The maximum Gasteiger partial charge on any atom is 0.119 e. The fourth-order valence-corrected chi connectivity index (χ4v) is 2.99. The summed E-state index contributed by atoms with van der Waals surface area (Å²) < 4.78 is 8.01. The van der Waals surface area contributed by atoms with Crippen LogP contribution >= 0.6 is 0 Å². The van der Waals surface area contributed by atoms with Crippen molar-refractivity contribution >= 4 is 11.0 Å². The molecule has 25 heavy (non-hydrogen) atoms. The van der Waals surface area contributed by atoms with Gasteiger partial charge in [-0.1, -0.05) is 54.6 Å². The van der Waals surface area contributed by atoms with Gasteiger partial charge in [-0.2, -0.15) is 0 Å². The lowest BCUT2D eigenvalue weighted by atomic mass is 10.1. The second-order valence-electron chi connectivity index (χ2n) is 6.08. The Balaban J connectivity index is 1.34. The van der Waals surface area contributed by atoms with E-state index in [-0.39, 0.29) is 0 Å². The first kappa shape index (κ1) is 15.5. The van der Waals surface area contributed by atoms with Crippen LogP contribution < -0.4 is 4.74 Å². The van der Waals surface area contributed by atoms with Gasteiger partial charge >= 0.3 is 0 Å². The number of para-hydroxylation sites is 2. The molecule has 0 aliphatic carbocycles. The zero-order chi connectivity index (χ0) is 16.9. The van der Waals surface area contributed by atoms with Gasteiger partial charge in [-0.3, -0.25) is 0 Å². The highest BCUT2D eigenvalue weighted by Gasteiger charge is 2.02. The molecule has 1 heterocycles. The molecule has 0 saturated carbocycles. The average molecular weight is 328 g/mol. The lowest BCUT2D eigenvalue weighted by molar-refractivity contribution is 0.300. The number of fused-ring (bicyclic) bond motifs is 1. The first-order chi connectivity index (χ1) is 12.4. The van der Waals surface area contributed by atoms with Crippen molar-refractivity contribution in [3.63, 3.8) is 0 Å². The number of rotatable bonds is 6. The number of aromatic nitrogens is 2. The van der Waals surface area contributed by atoms with Crippen LogP contribution in [0.1, 0.15) is 11.1 Å². The third-order valence-electron chi connectivity index (χ3n) is 4.30. The Labute approximate surface area is 147 Å². The van der Waals surface area contributed by atoms with E-state index >= 15 is 0 Å². The van der Waals surface area contributed by atoms with Gasteiger partial charge in [-0.05, 0) is 41.8 Å². The van der Waals surface area contributed by atoms with Gasteiger partial charge in [-0.25, -0.2) is 4.98 Å². The first-order valence-electron chi connectivity index (χ1n) is 8.54. The molecule has 1 aromatic heterocycles. The molecule has 0 N–H and O–H groups in total. The number of ether oxygens (including phenoxy) is 1. The van der Waals surface area contributed by atoms with E-state index in [1.54, 1.807) is 0 Å². The summed E-state index contributed by atoms with van der Waals surface area (Å²) >= 11 is 0. The Bertz CT molecular complexity index is 943. The molecule has 0 bridgehead atoms. The van der Waals surface area contributed by atoms with Gasteiger partial charge in [0, 0.05) is 0 Å². The molecule has 0 saturated heterocycles. The lowest BCUT2D eigenvalue weighted by Gasteiger charge is -2.09. The molecular weight excluding hydrogens is 308 g/mol. The van der Waals surface area contributed by atoms with Crippen LogP contribution in [-0.4, -0.2) is 16.2 Å². The number of hydrogen-bond acceptors (Lipinski definition) is 2. The SMILES string of the molecule is c1ccc(Cc2ccc(OCCn3cnc4ccccc43)cc2)cc1. The monoisotopic (exact) mass is 328 g/mol. The van der Waals surface area contributed by atoms with Crippen LogP contribution in [0.5, 0.6) is 5.75 Å². The van der Waals surface area contributed by atoms with E-state index in [0.29, 0.717) is 6.61 Å². The summed E-state index contributed by atoms with van der Waals surface area (Å²) in [7, 11) is 0. The molecule has 0 fully saturated rings. The van der Waals surface area contributed by atoms with Gasteiger partial charge in [0.25, 0.3) is 0 Å². The fraction of sp³-hybridized carbons (Fsp3) is 0.136. The van der Waals surface area contributed by atoms with Crippen LogP contribution in [0.4, 0.5) is 0 Å². The van der Waals surface area contributed by atoms with E-state index in [9.17, 15) is 0 Å². The van der Waals surface area contributed by atoms with Crippen molar-refractivity contribution in [3.8, 4) is 5.75 Å². The van der Waals surface area contributed by atoms with Crippen LogP contribution in [-0.2, 0) is 13.0 Å². The van der Waals surface area contributed by atoms with Crippen molar-refractivity contribution in [3.05, 3.63) is 96.3 Å². The standard InChI is InChI=1S/C22H20N2O/c1-2-6-18(7-3-1)16-19-10-12-20(13-11-19)25-15-14-24-17-23-21-8-4-5-9-22(21)24/h1-13,17H,14-16H2. The Morgan fingerprint density at radius 2 is 1.48 bits per heavy atom. The largest absolute Gasteiger partial charge is 0.492 e. The normalized spacial score (nSPS) is 10.9. The molecule has 0 atom stereocenters. The van der Waals surface area contributed by atoms with Gasteiger partial charge in [0.1, 0.15) is 12.4 Å². The van der Waals surface area contributed by atoms with E-state index in [1.165, 1.54) is 11.1 Å². The van der Waals surface area contributed by atoms with Gasteiger partial charge in [-0.15, -0.1) is 0 Å². The number of imidazole rings is 1. The van der Waals surface area contributed by atoms with Crippen LogP contribution in [0, 0.1) is 0 Å². The molecule has 0 aliphatic heterocycles. The Morgan fingerprint density at radius 1 is 0.760 bits per heavy atom. The van der Waals surface area contributed by atoms with Crippen LogP contribution in [0.15, 0.2) is 85.2 Å². The second kappa shape index (κ2) is 7.22. The number of benzene rings is 3. The highest BCUT2D eigenvalue weighted by atomic mass is 16.5. The Hall–Kier alpha value is -3.07. The van der Waals surface area contributed by atoms with Crippen LogP contribution in [0.25, 0.3) is 11.0 Å². The minimum atomic E-state index is 0.623. The quantitative estimate of drug-likeness (QED) is 0.513. The minimum absolute atomic E-state index is 0.623. The van der Waals surface area contributed by atoms with Crippen LogP contribution in [0.2, 0.25) is 0 Å². The molecule has 0 unspecified atom stereocenters. The van der Waals surface area contributed by atoms with Gasteiger partial charge < -0.3 is 9.30 Å². The topological polar surface area (TPSA) is 27.1 Å². The zero-order valence-corrected chi connectivity index (χ0v) is 14.0. The smallest absolute Gasteiger partial charge is 0.119 e. The maximum absolute atomic E-state index is 5.88. The highest BCUT2D eigenvalue weighted by molar-refractivity contribution is 5.74. The summed E-state index contributed by atoms with van der Waals surface area (Å²) in [5, 5.41) is 0. The molecular formula is C22H20N2O. The molecule has 0 aliphatic rings. The molecule has 124 valence electrons. The molecule has 4 rings (SSSR count). The summed E-state index contributed by atoms with van der Waals surface area (Å²) in [6.45, 7) is 1.41. The Morgan fingerprint density at radius 3 is 2.32 bits per heavy atom. The van der Waals surface area contributed by atoms with Gasteiger partial charge in [0.15, 0.2) is 0 Å². The van der Waals surface area contributed by atoms with E-state index in [2.05, 4.69) is 52.0 Å². The van der Waals surface area contributed by atoms with Crippen molar-refractivity contribution in [1.82, 2.24) is 9.55 Å². The summed E-state index contributed by atoms with van der Waals surface area (Å²) in [6, 6.07) is 27.0. The van der Waals surface area contributed by atoms with Crippen molar-refractivity contribution in [2.75, 3.05) is 6.61 Å². The molecule has 4 aromatic rings. The van der Waals surface area contributed by atoms with E-state index in [0.717, 1.165) is 29.7 Å². The summed E-state index contributed by atoms with van der Waals surface area (Å²) in [4.78, 5) is 4.40. The number of nitrogens with zero attached hydrogens (tertiary/aromatic N) is 2. The molecule has 0 spiro atoms. The molecule has 0 radical (unpaired) electrons. The summed E-state index contributed by atoms with van der Waals surface area (Å²) in [6.07, 6.45) is 2.82. The van der Waals surface area contributed by atoms with Crippen molar-refractivity contribution in [2.45, 2.75) is 13.0 Å². The zero-order valence-electron chi connectivity index (χ0n) is 14.0. The molecule has 3 nitrogen and oxygen atoms in total. The molecule has 3 heteroatoms. The highest BCUT2D eigenvalue weighted by Crippen LogP contribution is 2.16. The third kappa shape index (κ3) is 3.72. The Kier molecular flexibility index (Phi) is 4.46. The van der Waals surface area contributed by atoms with Crippen LogP contribution in [0.3, 0.4) is 0 Å². The van der Waals surface area contributed by atoms with Crippen molar-refractivity contribution in [1.29, 1.82) is 0 Å². The van der Waals surface area contributed by atoms with Gasteiger partial charge in [0.05, 0.1) is 23.9 Å². The fourth-order valence-electron chi connectivity index (χ4n) is 2.99. The minimum Gasteiger partial charge on any atom is -0.492 e. The lowest BCUT2D eigenvalue weighted by Crippen LogP contribution is -2.07. The van der Waals surface area contributed by atoms with E-state index in [1.807, 2.05) is 42.7 Å². The third-order valence-corrected chi connectivity index (χ3v) is 4.30. The maximum atomic E-state index is 5.88. The molecule has 3 aromatic carbocycles. The predicted molar refractivity (Wildman–Crippen MR) is 101 cm³/mol. The molecule has 0 amide bonds. The predicted octanol–water partition coefficient (Wildman–Crippen LogP) is 4.71. The van der Waals surface area contributed by atoms with Gasteiger partial charge in [0.2, 0.25) is 0 Å². The number of hydrogen-bond donors (Lipinski definition) is 0. The van der Waals surface area contributed by atoms with Crippen molar-refractivity contribution in [2.24, 2.45) is 0 Å². The summed E-state index contributed by atoms with van der Waals surface area (Å²) in [5.74, 6) is 0.904. The average Bonchev–Trinajstić information content (AvgIpc) is 3.07. The van der Waals surface area contributed by atoms with E-state index in [4.69, 9.17) is 4.74 Å². The van der Waals surface area contributed by atoms with E-state index < -0.39 is 0 Å². The summed E-state index contributed by atoms with van der Waals surface area (Å²) in [5.41, 5.74) is 4.78. The second-order valence-corrected chi connectivity index (χ2v) is 6.08. The first-order valence-corrected chi connectivity index (χ1v) is 8.54.